The Morgan fingerprint density at radius 3 is 2.54 bits per heavy atom. The quantitative estimate of drug-likeness (QED) is 0.811. The van der Waals surface area contributed by atoms with Crippen molar-refractivity contribution in [1.82, 2.24) is 0 Å². The van der Waals surface area contributed by atoms with Crippen LogP contribution in [-0.4, -0.2) is 11.9 Å². The molecule has 0 saturated carbocycles. The molecule has 1 amide bonds. The molecule has 0 spiro atoms. The van der Waals surface area contributed by atoms with Gasteiger partial charge in [-0.1, -0.05) is 50.6 Å². The fourth-order valence-electron chi connectivity index (χ4n) is 2.34. The Bertz CT molecular complexity index is 671. The van der Waals surface area contributed by atoms with Crippen molar-refractivity contribution < 1.29 is 9.53 Å². The van der Waals surface area contributed by atoms with Gasteiger partial charge in [0.2, 0.25) is 5.91 Å². The van der Waals surface area contributed by atoms with Crippen LogP contribution in [0.4, 0.5) is 5.69 Å². The van der Waals surface area contributed by atoms with Gasteiger partial charge < -0.3 is 15.8 Å². The number of amides is 1. The van der Waals surface area contributed by atoms with Crippen LogP contribution in [0.2, 0.25) is 0 Å². The zero-order valence-corrected chi connectivity index (χ0v) is 14.6. The summed E-state index contributed by atoms with van der Waals surface area (Å²) in [7, 11) is 0. The largest absolute Gasteiger partial charge is 0.489 e. The Balaban J connectivity index is 1.98. The van der Waals surface area contributed by atoms with E-state index in [1.807, 2.05) is 69.3 Å². The lowest BCUT2D eigenvalue weighted by Gasteiger charge is -2.19. The van der Waals surface area contributed by atoms with Gasteiger partial charge in [-0.3, -0.25) is 4.79 Å². The van der Waals surface area contributed by atoms with Gasteiger partial charge in [-0.2, -0.15) is 0 Å². The Kier molecular flexibility index (Phi) is 6.38. The van der Waals surface area contributed by atoms with Crippen molar-refractivity contribution >= 4 is 11.6 Å². The normalized spacial score (nSPS) is 13.2. The Morgan fingerprint density at radius 2 is 1.92 bits per heavy atom. The van der Waals surface area contributed by atoms with E-state index in [4.69, 9.17) is 10.5 Å². The van der Waals surface area contributed by atoms with E-state index in [0.717, 1.165) is 29.0 Å². The van der Waals surface area contributed by atoms with Crippen LogP contribution in [0.1, 0.15) is 31.4 Å². The fraction of sp³-hybridized carbons (Fsp3) is 0.350. The van der Waals surface area contributed by atoms with Gasteiger partial charge >= 0.3 is 0 Å². The second-order valence-corrected chi connectivity index (χ2v) is 6.15. The Hall–Kier alpha value is -2.33. The smallest absolute Gasteiger partial charge is 0.241 e. The number of hydrogen-bond acceptors (Lipinski definition) is 3. The number of rotatable bonds is 7. The summed E-state index contributed by atoms with van der Waals surface area (Å²) in [5.74, 6) is 0.782. The predicted molar refractivity (Wildman–Crippen MR) is 98.0 cm³/mol. The van der Waals surface area contributed by atoms with Gasteiger partial charge in [-0.15, -0.1) is 0 Å². The molecule has 2 rings (SSSR count). The summed E-state index contributed by atoms with van der Waals surface area (Å²) in [5, 5.41) is 2.91. The minimum absolute atomic E-state index is 0.148. The summed E-state index contributed by atoms with van der Waals surface area (Å²) in [6.45, 7) is 6.48. The number of carbonyl (C=O) groups is 1. The molecule has 2 atom stereocenters. The van der Waals surface area contributed by atoms with Crippen LogP contribution in [0.25, 0.3) is 0 Å². The van der Waals surface area contributed by atoms with Crippen LogP contribution in [0.15, 0.2) is 48.5 Å². The van der Waals surface area contributed by atoms with E-state index in [1.54, 1.807) is 0 Å². The third-order valence-electron chi connectivity index (χ3n) is 4.26. The topological polar surface area (TPSA) is 64.4 Å². The average molecular weight is 326 g/mol. The van der Waals surface area contributed by atoms with Crippen LogP contribution in [-0.2, 0) is 11.4 Å². The first-order chi connectivity index (χ1) is 11.5. The maximum absolute atomic E-state index is 12.2. The molecule has 3 N–H and O–H groups in total. The fourth-order valence-corrected chi connectivity index (χ4v) is 2.34. The molecule has 4 nitrogen and oxygen atoms in total. The molecule has 0 fully saturated rings. The predicted octanol–water partition coefficient (Wildman–Crippen LogP) is 3.89. The zero-order valence-electron chi connectivity index (χ0n) is 14.6. The molecule has 2 unspecified atom stereocenters. The zero-order chi connectivity index (χ0) is 17.5. The van der Waals surface area contributed by atoms with Crippen LogP contribution >= 0.6 is 0 Å². The second kappa shape index (κ2) is 8.50. The van der Waals surface area contributed by atoms with Crippen molar-refractivity contribution in [2.24, 2.45) is 11.7 Å². The number of hydrogen-bond donors (Lipinski definition) is 2. The molecule has 2 aromatic carbocycles. The van der Waals surface area contributed by atoms with Crippen molar-refractivity contribution in [3.63, 3.8) is 0 Å². The number of ether oxygens (including phenoxy) is 1. The molecule has 24 heavy (non-hydrogen) atoms. The first-order valence-corrected chi connectivity index (χ1v) is 8.35. The van der Waals surface area contributed by atoms with E-state index < -0.39 is 6.04 Å². The molecule has 4 heteroatoms. The minimum Gasteiger partial charge on any atom is -0.489 e. The second-order valence-electron chi connectivity index (χ2n) is 6.15. The maximum Gasteiger partial charge on any atom is 0.241 e. The number of benzene rings is 2. The highest BCUT2D eigenvalue weighted by Gasteiger charge is 2.19. The highest BCUT2D eigenvalue weighted by atomic mass is 16.5. The van der Waals surface area contributed by atoms with Crippen molar-refractivity contribution in [3.8, 4) is 5.75 Å². The van der Waals surface area contributed by atoms with E-state index in [9.17, 15) is 4.79 Å². The minimum atomic E-state index is -0.497. The number of anilines is 1. The van der Waals surface area contributed by atoms with Crippen molar-refractivity contribution in [2.45, 2.75) is 39.8 Å². The lowest BCUT2D eigenvalue weighted by Crippen LogP contribution is -2.40. The molecule has 0 aliphatic carbocycles. The number of carbonyl (C=O) groups excluding carboxylic acids is 1. The van der Waals surface area contributed by atoms with Gasteiger partial charge in [-0.05, 0) is 42.2 Å². The Labute approximate surface area is 144 Å². The van der Waals surface area contributed by atoms with Crippen molar-refractivity contribution in [3.05, 3.63) is 59.7 Å². The number of aryl methyl sites for hydroxylation is 1. The van der Waals surface area contributed by atoms with Crippen molar-refractivity contribution in [1.29, 1.82) is 0 Å². The van der Waals surface area contributed by atoms with Gasteiger partial charge in [0.05, 0.1) is 6.04 Å². The molecule has 2 aromatic rings. The van der Waals surface area contributed by atoms with Gasteiger partial charge in [0.15, 0.2) is 0 Å². The highest BCUT2D eigenvalue weighted by Crippen LogP contribution is 2.22. The SMILES string of the molecule is CCC(C)C(N)C(=O)Nc1ccc(OCc2ccccc2)cc1C. The lowest BCUT2D eigenvalue weighted by molar-refractivity contribution is -0.118. The van der Waals surface area contributed by atoms with Gasteiger partial charge in [0.25, 0.3) is 0 Å². The molecule has 0 aromatic heterocycles. The summed E-state index contributed by atoms with van der Waals surface area (Å²) in [6, 6.07) is 15.2. The average Bonchev–Trinajstić information content (AvgIpc) is 2.61. The Morgan fingerprint density at radius 1 is 1.21 bits per heavy atom. The highest BCUT2D eigenvalue weighted by molar-refractivity contribution is 5.95. The van der Waals surface area contributed by atoms with Crippen LogP contribution in [0, 0.1) is 12.8 Å². The van der Waals surface area contributed by atoms with E-state index in [-0.39, 0.29) is 11.8 Å². The summed E-state index contributed by atoms with van der Waals surface area (Å²) in [6.07, 6.45) is 0.875. The van der Waals surface area contributed by atoms with E-state index in [2.05, 4.69) is 5.32 Å². The van der Waals surface area contributed by atoms with E-state index in [0.29, 0.717) is 6.61 Å². The summed E-state index contributed by atoms with van der Waals surface area (Å²) < 4.78 is 5.80. The maximum atomic E-state index is 12.2. The third-order valence-corrected chi connectivity index (χ3v) is 4.26. The summed E-state index contributed by atoms with van der Waals surface area (Å²) >= 11 is 0. The first-order valence-electron chi connectivity index (χ1n) is 8.35. The monoisotopic (exact) mass is 326 g/mol. The summed E-state index contributed by atoms with van der Waals surface area (Å²) in [5.41, 5.74) is 8.81. The number of nitrogens with two attached hydrogens (primary N) is 1. The molecular formula is C20H26N2O2. The molecule has 0 saturated heterocycles. The molecule has 0 aliphatic heterocycles. The van der Waals surface area contributed by atoms with Crippen LogP contribution in [0.3, 0.4) is 0 Å². The van der Waals surface area contributed by atoms with Gasteiger partial charge in [0.1, 0.15) is 12.4 Å². The standard InChI is InChI=1S/C20H26N2O2/c1-4-14(2)19(21)20(23)22-18-11-10-17(12-15(18)3)24-13-16-8-6-5-7-9-16/h5-12,14,19H,4,13,21H2,1-3H3,(H,22,23). The molecular weight excluding hydrogens is 300 g/mol. The molecule has 0 radical (unpaired) electrons. The van der Waals surface area contributed by atoms with Crippen LogP contribution in [0.5, 0.6) is 5.75 Å². The third kappa shape index (κ3) is 4.83. The summed E-state index contributed by atoms with van der Waals surface area (Å²) in [4.78, 5) is 12.2. The van der Waals surface area contributed by atoms with Crippen LogP contribution < -0.4 is 15.8 Å². The van der Waals surface area contributed by atoms with Gasteiger partial charge in [-0.25, -0.2) is 0 Å². The molecule has 0 heterocycles. The first kappa shape index (κ1) is 18.0. The number of nitrogens with one attached hydrogen (secondary N) is 1. The molecule has 128 valence electrons. The van der Waals surface area contributed by atoms with Gasteiger partial charge in [0, 0.05) is 5.69 Å². The molecule has 0 aliphatic rings. The van der Waals surface area contributed by atoms with Crippen molar-refractivity contribution in [2.75, 3.05) is 5.32 Å². The molecule has 0 bridgehead atoms. The van der Waals surface area contributed by atoms with E-state index in [1.165, 1.54) is 0 Å². The van der Waals surface area contributed by atoms with E-state index >= 15 is 0 Å². The lowest BCUT2D eigenvalue weighted by atomic mass is 9.99.